The second-order valence-corrected chi connectivity index (χ2v) is 5.89. The lowest BCUT2D eigenvalue weighted by molar-refractivity contribution is -0.117. The van der Waals surface area contributed by atoms with Gasteiger partial charge in [0.2, 0.25) is 0 Å². The van der Waals surface area contributed by atoms with E-state index >= 15 is 0 Å². The molecule has 2 heteroatoms. The summed E-state index contributed by atoms with van der Waals surface area (Å²) >= 11 is 0. The molecule has 0 amide bonds. The van der Waals surface area contributed by atoms with Crippen LogP contribution in [-0.2, 0) is 4.79 Å². The molecule has 0 saturated heterocycles. The highest BCUT2D eigenvalue weighted by Gasteiger charge is 2.36. The Morgan fingerprint density at radius 2 is 1.75 bits per heavy atom. The van der Waals surface area contributed by atoms with E-state index in [4.69, 9.17) is 0 Å². The van der Waals surface area contributed by atoms with Gasteiger partial charge >= 0.3 is 0 Å². The van der Waals surface area contributed by atoms with E-state index in [1.54, 1.807) is 0 Å². The lowest BCUT2D eigenvalue weighted by atomic mass is 9.86. The highest BCUT2D eigenvalue weighted by molar-refractivity contribution is 5.60. The molecule has 0 unspecified atom stereocenters. The molecular formula is C14H25NO. The summed E-state index contributed by atoms with van der Waals surface area (Å²) in [6.07, 6.45) is 12.8. The zero-order chi connectivity index (χ0) is 11.4. The lowest BCUT2D eigenvalue weighted by Gasteiger charge is -2.36. The van der Waals surface area contributed by atoms with Crippen LogP contribution in [0, 0.1) is 5.41 Å². The van der Waals surface area contributed by atoms with E-state index in [9.17, 15) is 4.79 Å². The van der Waals surface area contributed by atoms with Crippen molar-refractivity contribution in [1.29, 1.82) is 0 Å². The van der Waals surface area contributed by atoms with Gasteiger partial charge in [-0.15, -0.1) is 0 Å². The summed E-state index contributed by atoms with van der Waals surface area (Å²) in [5, 5.41) is 0. The normalized spacial score (nSPS) is 26.1. The number of hydrogen-bond donors (Lipinski definition) is 0. The Morgan fingerprint density at radius 3 is 2.31 bits per heavy atom. The fraction of sp³-hybridized carbons (Fsp3) is 0.929. The molecule has 2 rings (SSSR count). The van der Waals surface area contributed by atoms with E-state index in [-0.39, 0.29) is 5.41 Å². The molecule has 0 heterocycles. The highest BCUT2D eigenvalue weighted by Crippen LogP contribution is 2.37. The van der Waals surface area contributed by atoms with Crippen LogP contribution in [0.1, 0.15) is 57.8 Å². The van der Waals surface area contributed by atoms with E-state index in [0.29, 0.717) is 0 Å². The number of hydrogen-bond acceptors (Lipinski definition) is 2. The van der Waals surface area contributed by atoms with Gasteiger partial charge in [-0.3, -0.25) is 0 Å². The van der Waals surface area contributed by atoms with Crippen LogP contribution in [0.15, 0.2) is 0 Å². The van der Waals surface area contributed by atoms with Gasteiger partial charge in [0.15, 0.2) is 0 Å². The average Bonchev–Trinajstić information content (AvgIpc) is 2.79. The fourth-order valence-electron chi connectivity index (χ4n) is 3.54. The predicted molar refractivity (Wildman–Crippen MR) is 66.5 cm³/mol. The first-order valence-corrected chi connectivity index (χ1v) is 6.92. The van der Waals surface area contributed by atoms with Crippen LogP contribution in [0.3, 0.4) is 0 Å². The van der Waals surface area contributed by atoms with E-state index in [0.717, 1.165) is 25.4 Å². The molecule has 0 N–H and O–H groups in total. The molecule has 0 bridgehead atoms. The van der Waals surface area contributed by atoms with Crippen molar-refractivity contribution in [1.82, 2.24) is 4.90 Å². The van der Waals surface area contributed by atoms with Gasteiger partial charge in [0.1, 0.15) is 6.29 Å². The van der Waals surface area contributed by atoms with Gasteiger partial charge in [0.05, 0.1) is 0 Å². The van der Waals surface area contributed by atoms with Crippen molar-refractivity contribution in [2.75, 3.05) is 13.6 Å². The topological polar surface area (TPSA) is 20.3 Å². The van der Waals surface area contributed by atoms with Crippen molar-refractivity contribution >= 4 is 6.29 Å². The standard InChI is InChI=1S/C14H25NO/c1-15(13-7-3-2-4-8-13)11-14(12-16)9-5-6-10-14/h12-13H,2-11H2,1H3. The smallest absolute Gasteiger partial charge is 0.127 e. The van der Waals surface area contributed by atoms with Gasteiger partial charge in [0.25, 0.3) is 0 Å². The molecule has 2 aliphatic carbocycles. The van der Waals surface area contributed by atoms with Crippen LogP contribution in [0.2, 0.25) is 0 Å². The van der Waals surface area contributed by atoms with Crippen LogP contribution in [0.4, 0.5) is 0 Å². The Hall–Kier alpha value is -0.370. The first-order valence-electron chi connectivity index (χ1n) is 6.92. The number of carbonyl (C=O) groups excluding carboxylic acids is 1. The Bertz CT molecular complexity index is 227. The zero-order valence-corrected chi connectivity index (χ0v) is 10.6. The molecule has 0 radical (unpaired) electrons. The van der Waals surface area contributed by atoms with E-state index in [1.165, 1.54) is 51.2 Å². The van der Waals surface area contributed by atoms with Crippen molar-refractivity contribution in [2.45, 2.75) is 63.8 Å². The largest absolute Gasteiger partial charge is 0.303 e. The van der Waals surface area contributed by atoms with E-state index in [1.807, 2.05) is 0 Å². The summed E-state index contributed by atoms with van der Waals surface area (Å²) in [4.78, 5) is 13.8. The summed E-state index contributed by atoms with van der Waals surface area (Å²) in [7, 11) is 2.22. The number of carbonyl (C=O) groups is 1. The maximum Gasteiger partial charge on any atom is 0.127 e. The Balaban J connectivity index is 1.89. The molecule has 0 spiro atoms. The van der Waals surface area contributed by atoms with E-state index < -0.39 is 0 Å². The second-order valence-electron chi connectivity index (χ2n) is 5.89. The molecule has 0 aliphatic heterocycles. The molecule has 2 fully saturated rings. The molecule has 0 aromatic rings. The lowest BCUT2D eigenvalue weighted by Crippen LogP contribution is -2.41. The Labute approximate surface area is 99.4 Å². The summed E-state index contributed by atoms with van der Waals surface area (Å²) < 4.78 is 0. The molecule has 0 aromatic heterocycles. The third kappa shape index (κ3) is 2.65. The molecule has 2 aliphatic rings. The Morgan fingerprint density at radius 1 is 1.12 bits per heavy atom. The van der Waals surface area contributed by atoms with Crippen molar-refractivity contribution in [3.05, 3.63) is 0 Å². The van der Waals surface area contributed by atoms with E-state index in [2.05, 4.69) is 11.9 Å². The van der Waals surface area contributed by atoms with Gasteiger partial charge in [-0.2, -0.15) is 0 Å². The van der Waals surface area contributed by atoms with Crippen LogP contribution in [-0.4, -0.2) is 30.8 Å². The molecule has 92 valence electrons. The van der Waals surface area contributed by atoms with Crippen molar-refractivity contribution in [3.8, 4) is 0 Å². The van der Waals surface area contributed by atoms with Gasteiger partial charge in [-0.05, 0) is 32.7 Å². The number of nitrogens with zero attached hydrogens (tertiary/aromatic N) is 1. The maximum atomic E-state index is 11.3. The molecule has 16 heavy (non-hydrogen) atoms. The minimum Gasteiger partial charge on any atom is -0.303 e. The van der Waals surface area contributed by atoms with Crippen LogP contribution >= 0.6 is 0 Å². The number of aldehydes is 1. The predicted octanol–water partition coefficient (Wildman–Crippen LogP) is 3.01. The van der Waals surface area contributed by atoms with Crippen molar-refractivity contribution in [3.63, 3.8) is 0 Å². The first-order chi connectivity index (χ1) is 7.76. The minimum absolute atomic E-state index is 0.00615. The summed E-state index contributed by atoms with van der Waals surface area (Å²) in [5.41, 5.74) is 0.00615. The summed E-state index contributed by atoms with van der Waals surface area (Å²) in [6, 6.07) is 0.742. The molecule has 0 aromatic carbocycles. The molecule has 0 atom stereocenters. The molecule has 2 nitrogen and oxygen atoms in total. The SMILES string of the molecule is CN(CC1(C=O)CCCC1)C1CCCCC1. The monoisotopic (exact) mass is 223 g/mol. The number of rotatable bonds is 4. The Kier molecular flexibility index (Phi) is 4.01. The maximum absolute atomic E-state index is 11.3. The van der Waals surface area contributed by atoms with Crippen LogP contribution < -0.4 is 0 Å². The molecule has 2 saturated carbocycles. The average molecular weight is 223 g/mol. The van der Waals surface area contributed by atoms with Gasteiger partial charge in [-0.1, -0.05) is 32.1 Å². The van der Waals surface area contributed by atoms with Crippen molar-refractivity contribution in [2.24, 2.45) is 5.41 Å². The van der Waals surface area contributed by atoms with Crippen molar-refractivity contribution < 1.29 is 4.79 Å². The third-order valence-corrected chi connectivity index (χ3v) is 4.61. The van der Waals surface area contributed by atoms with Gasteiger partial charge in [-0.25, -0.2) is 0 Å². The third-order valence-electron chi connectivity index (χ3n) is 4.61. The van der Waals surface area contributed by atoms with Gasteiger partial charge in [0, 0.05) is 18.0 Å². The molecular weight excluding hydrogens is 198 g/mol. The van der Waals surface area contributed by atoms with Crippen LogP contribution in [0.25, 0.3) is 0 Å². The highest BCUT2D eigenvalue weighted by atomic mass is 16.1. The van der Waals surface area contributed by atoms with Gasteiger partial charge < -0.3 is 9.69 Å². The minimum atomic E-state index is 0.00615. The fourth-order valence-corrected chi connectivity index (χ4v) is 3.54. The quantitative estimate of drug-likeness (QED) is 0.683. The zero-order valence-electron chi connectivity index (χ0n) is 10.6. The summed E-state index contributed by atoms with van der Waals surface area (Å²) in [6.45, 7) is 1.00. The second kappa shape index (κ2) is 5.31. The first kappa shape index (κ1) is 12.1. The summed E-state index contributed by atoms with van der Waals surface area (Å²) in [5.74, 6) is 0. The van der Waals surface area contributed by atoms with Crippen LogP contribution in [0.5, 0.6) is 0 Å².